The molecule has 57 heavy (non-hydrogen) atoms. The number of nitrogens with two attached hydrogens (primary N) is 1. The van der Waals surface area contributed by atoms with Crippen LogP contribution in [-0.2, 0) is 46.4 Å². The van der Waals surface area contributed by atoms with Crippen molar-refractivity contribution in [1.82, 2.24) is 31.5 Å². The molecule has 17 nitrogen and oxygen atoms in total. The number of nitrogens with zero attached hydrogens (tertiary/aromatic N) is 2. The monoisotopic (exact) mass is 793 g/mol. The fourth-order valence-electron chi connectivity index (χ4n) is 6.79. The minimum Gasteiger partial charge on any atom is -0.508 e. The number of carbonyl (C=O) groups is 7. The van der Waals surface area contributed by atoms with E-state index in [0.717, 1.165) is 5.56 Å². The molecule has 9 N–H and O–H groups in total. The Bertz CT molecular complexity index is 1770. The maximum absolute atomic E-state index is 14.1. The van der Waals surface area contributed by atoms with Crippen LogP contribution < -0.4 is 32.3 Å². The summed E-state index contributed by atoms with van der Waals surface area (Å²) in [6.07, 6.45) is 1.94. The Labute approximate surface area is 331 Å². The van der Waals surface area contributed by atoms with Crippen LogP contribution in [0.2, 0.25) is 0 Å². The number of phenolic OH excluding ortho intramolecular Hbond substituents is 1. The Kier molecular flexibility index (Phi) is 16.1. The van der Waals surface area contributed by atoms with Gasteiger partial charge in [0.2, 0.25) is 41.4 Å². The lowest BCUT2D eigenvalue weighted by Gasteiger charge is -2.31. The molecule has 2 aromatic carbocycles. The third-order valence-corrected chi connectivity index (χ3v) is 10.2. The molecule has 1 fully saturated rings. The number of rotatable bonds is 10. The summed E-state index contributed by atoms with van der Waals surface area (Å²) in [7, 11) is 0. The van der Waals surface area contributed by atoms with Crippen LogP contribution in [0, 0.1) is 11.8 Å². The normalized spacial score (nSPS) is 26.2. The van der Waals surface area contributed by atoms with Crippen LogP contribution in [0.4, 0.5) is 0 Å². The van der Waals surface area contributed by atoms with Gasteiger partial charge in [0.05, 0.1) is 19.2 Å². The van der Waals surface area contributed by atoms with Crippen molar-refractivity contribution in [2.75, 3.05) is 19.7 Å². The smallest absolute Gasteiger partial charge is 0.248 e. The van der Waals surface area contributed by atoms with Crippen LogP contribution in [0.25, 0.3) is 0 Å². The highest BCUT2D eigenvalue weighted by molar-refractivity contribution is 5.97. The maximum atomic E-state index is 14.1. The number of hydrogen-bond donors (Lipinski definition) is 8. The molecule has 0 saturated carbocycles. The SMILES string of the molecule is CC[C@H](C)[C@@H]1NC(=O)[C@@H](CC[13C](N)=O)NC(=O)CNC(=O)[C@H](Cc2ccc(O)cc2)N=C[C@H](Cc2ccccc2)N[13C](=O)[C@@H]2C[C@H](C)CN2C(=O)[C@H](CO)N[13C]1=O. The Morgan fingerprint density at radius 1 is 0.877 bits per heavy atom. The van der Waals surface area contributed by atoms with Crippen LogP contribution in [0.1, 0.15) is 57.6 Å². The van der Waals surface area contributed by atoms with E-state index in [1.54, 1.807) is 26.0 Å². The van der Waals surface area contributed by atoms with Crippen molar-refractivity contribution in [1.29, 1.82) is 0 Å². The molecule has 0 aliphatic carbocycles. The van der Waals surface area contributed by atoms with Crippen molar-refractivity contribution in [2.24, 2.45) is 22.6 Å². The lowest BCUT2D eigenvalue weighted by atomic mass is 10.0. The van der Waals surface area contributed by atoms with E-state index in [2.05, 4.69) is 31.6 Å². The fourth-order valence-corrected chi connectivity index (χ4v) is 6.79. The number of aliphatic hydroxyl groups is 1. The van der Waals surface area contributed by atoms with E-state index in [9.17, 15) is 43.8 Å². The summed E-state index contributed by atoms with van der Waals surface area (Å²) in [5.41, 5.74) is 6.83. The van der Waals surface area contributed by atoms with Crippen LogP contribution in [-0.4, -0.2) is 119 Å². The zero-order chi connectivity index (χ0) is 41.6. The number of hydrogen-bond acceptors (Lipinski definition) is 10. The van der Waals surface area contributed by atoms with Crippen LogP contribution in [0.5, 0.6) is 5.75 Å². The van der Waals surface area contributed by atoms with Gasteiger partial charge in [-0.15, -0.1) is 0 Å². The van der Waals surface area contributed by atoms with E-state index in [1.807, 2.05) is 37.3 Å². The highest BCUT2D eigenvalue weighted by atomic mass is 16.3. The molecule has 0 radical (unpaired) electrons. The topological polar surface area (TPSA) is 262 Å². The minimum atomic E-state index is -1.46. The lowest BCUT2D eigenvalue weighted by Crippen LogP contribution is -2.60. The zero-order valence-corrected chi connectivity index (χ0v) is 32.5. The maximum Gasteiger partial charge on any atom is 0.248 e. The molecule has 2 aliphatic rings. The van der Waals surface area contributed by atoms with Gasteiger partial charge in [-0.2, -0.15) is 0 Å². The van der Waals surface area contributed by atoms with Gasteiger partial charge in [0, 0.05) is 25.6 Å². The number of aromatic hydroxyl groups is 1. The van der Waals surface area contributed by atoms with Gasteiger partial charge in [0.1, 0.15) is 36.0 Å². The van der Waals surface area contributed by atoms with Gasteiger partial charge < -0.3 is 47.4 Å². The molecule has 2 aromatic rings. The van der Waals surface area contributed by atoms with E-state index in [0.29, 0.717) is 18.4 Å². The first-order chi connectivity index (χ1) is 27.2. The van der Waals surface area contributed by atoms with E-state index in [1.165, 1.54) is 23.2 Å². The van der Waals surface area contributed by atoms with E-state index in [4.69, 9.17) is 5.73 Å². The number of phenols is 1. The third-order valence-electron chi connectivity index (χ3n) is 10.2. The quantitative estimate of drug-likeness (QED) is 0.140. The number of carbonyl (C=O) groups excluding carboxylic acids is 7. The predicted octanol–water partition coefficient (Wildman–Crippen LogP) is -0.773. The lowest BCUT2D eigenvalue weighted by molar-refractivity contribution is -0.143. The van der Waals surface area contributed by atoms with Gasteiger partial charge in [0.25, 0.3) is 0 Å². The molecule has 1 saturated heterocycles. The first kappa shape index (κ1) is 43.9. The van der Waals surface area contributed by atoms with Gasteiger partial charge >= 0.3 is 0 Å². The standard InChI is InChI=1S/C40H54N8O9/c1-4-24(3)35-39(56)46-31(22-49)40(57)48-21-23(2)16-32(48)38(55)44-27(17-25-8-6-5-7-9-25)19-42-30(18-26-10-12-28(50)13-11-26)36(53)43-20-34(52)45-29(37(54)47-35)14-15-33(41)51/h5-13,19,23-24,27,29-32,35,49-50H,4,14-18,20-22H2,1-3H3,(H2,41,51)(H,43,53)(H,44,55)(H,45,52)(H,46,56)(H,47,54)/t23-,24-,27-,29+,30-,31-,32-,35-/m0/s1/i33+1,38+1,39+1. The average Bonchev–Trinajstić information content (AvgIpc) is 3.59. The number of amides is 7. The zero-order valence-electron chi connectivity index (χ0n) is 32.5. The van der Waals surface area contributed by atoms with Crippen molar-refractivity contribution < 1.29 is 43.8 Å². The number of aliphatic hydroxyl groups excluding tert-OH is 1. The second kappa shape index (κ2) is 20.9. The number of fused-ring (bicyclic) bond motifs is 1. The van der Waals surface area contributed by atoms with Crippen molar-refractivity contribution in [2.45, 2.75) is 95.5 Å². The molecule has 308 valence electrons. The van der Waals surface area contributed by atoms with Gasteiger partial charge in [-0.3, -0.25) is 38.6 Å². The van der Waals surface area contributed by atoms with Gasteiger partial charge in [-0.05, 0) is 54.4 Å². The highest BCUT2D eigenvalue weighted by Gasteiger charge is 2.42. The molecule has 2 aliphatic heterocycles. The Hall–Kier alpha value is -5.84. The summed E-state index contributed by atoms with van der Waals surface area (Å²) in [4.78, 5) is 100. The van der Waals surface area contributed by atoms with Gasteiger partial charge in [0.15, 0.2) is 0 Å². The molecule has 8 atom stereocenters. The first-order valence-electron chi connectivity index (χ1n) is 19.2. The van der Waals surface area contributed by atoms with Crippen LogP contribution >= 0.6 is 0 Å². The fraction of sp³-hybridized carbons (Fsp3) is 0.500. The molecule has 0 bridgehead atoms. The predicted molar refractivity (Wildman–Crippen MR) is 209 cm³/mol. The second-order valence-electron chi connectivity index (χ2n) is 14.8. The van der Waals surface area contributed by atoms with Crippen molar-refractivity contribution >= 4 is 47.6 Å². The first-order valence-corrected chi connectivity index (χ1v) is 19.2. The number of primary amides is 1. The molecule has 4 rings (SSSR count). The molecule has 7 amide bonds. The number of benzene rings is 2. The summed E-state index contributed by atoms with van der Waals surface area (Å²) in [5.74, 6) is -5.56. The summed E-state index contributed by atoms with van der Waals surface area (Å²) in [6.45, 7) is 4.14. The average molecular weight is 794 g/mol. The van der Waals surface area contributed by atoms with Crippen molar-refractivity contribution in [3.05, 3.63) is 65.7 Å². The Balaban J connectivity index is 1.75. The second-order valence-corrected chi connectivity index (χ2v) is 14.8. The van der Waals surface area contributed by atoms with E-state index < -0.39 is 96.7 Å². The van der Waals surface area contributed by atoms with Crippen molar-refractivity contribution in [3.63, 3.8) is 0 Å². The molecular formula is C40H54N8O9. The van der Waals surface area contributed by atoms with Crippen LogP contribution in [0.15, 0.2) is 59.6 Å². The molecule has 0 unspecified atom stereocenters. The Morgan fingerprint density at radius 2 is 1.56 bits per heavy atom. The van der Waals surface area contributed by atoms with Gasteiger partial charge in [-0.1, -0.05) is 69.7 Å². The molecule has 0 aromatic heterocycles. The largest absolute Gasteiger partial charge is 0.508 e. The van der Waals surface area contributed by atoms with E-state index in [-0.39, 0.29) is 43.9 Å². The summed E-state index contributed by atoms with van der Waals surface area (Å²) >= 11 is 0. The van der Waals surface area contributed by atoms with Crippen molar-refractivity contribution in [3.8, 4) is 5.75 Å². The summed E-state index contributed by atoms with van der Waals surface area (Å²) < 4.78 is 0. The van der Waals surface area contributed by atoms with E-state index >= 15 is 0 Å². The molecule has 17 heteroatoms. The number of aliphatic imine (C=N–C) groups is 1. The molecule has 2 heterocycles. The third kappa shape index (κ3) is 12.8. The molecule has 0 spiro atoms. The van der Waals surface area contributed by atoms with Gasteiger partial charge in [-0.25, -0.2) is 0 Å². The minimum absolute atomic E-state index is 0.0190. The summed E-state index contributed by atoms with van der Waals surface area (Å²) in [5, 5.41) is 33.4. The Morgan fingerprint density at radius 3 is 2.21 bits per heavy atom. The van der Waals surface area contributed by atoms with Crippen LogP contribution in [0.3, 0.4) is 0 Å². The molecular weight excluding hydrogens is 739 g/mol. The number of nitrogens with one attached hydrogen (secondary N) is 5. The highest BCUT2D eigenvalue weighted by Crippen LogP contribution is 2.24. The summed E-state index contributed by atoms with van der Waals surface area (Å²) in [6, 6.07) is 8.50.